The number of carbonyl (C=O) groups is 1. The fourth-order valence-electron chi connectivity index (χ4n) is 2.39. The molecule has 0 unspecified atom stereocenters. The molecule has 22 heavy (non-hydrogen) atoms. The quantitative estimate of drug-likeness (QED) is 0.812. The van der Waals surface area contributed by atoms with E-state index in [1.54, 1.807) is 24.3 Å². The zero-order valence-corrected chi connectivity index (χ0v) is 13.5. The molecule has 0 saturated carbocycles. The number of para-hydroxylation sites is 1. The van der Waals surface area contributed by atoms with E-state index in [1.807, 2.05) is 25.1 Å². The molecule has 4 nitrogen and oxygen atoms in total. The largest absolute Gasteiger partial charge is 0.504 e. The van der Waals surface area contributed by atoms with Gasteiger partial charge in [0.15, 0.2) is 11.5 Å². The standard InChI is InChI=1S/C17H14BrNO3/c1-2-22-15-5-3-4-10(16(15)20)8-13-12-9-11(18)6-7-14(12)19-17(13)21/h3-9,20H,2H2,1H3,(H,19,21)/b13-8+. The average Bonchev–Trinajstić information content (AvgIpc) is 2.79. The maximum absolute atomic E-state index is 12.2. The molecule has 2 aromatic carbocycles. The number of rotatable bonds is 3. The number of phenols is 1. The van der Waals surface area contributed by atoms with E-state index in [9.17, 15) is 9.90 Å². The lowest BCUT2D eigenvalue weighted by Gasteiger charge is -2.08. The normalized spacial score (nSPS) is 14.8. The molecule has 0 atom stereocenters. The van der Waals surface area contributed by atoms with Crippen molar-refractivity contribution in [3.05, 3.63) is 52.0 Å². The summed E-state index contributed by atoms with van der Waals surface area (Å²) in [6, 6.07) is 10.8. The van der Waals surface area contributed by atoms with Crippen molar-refractivity contribution >= 4 is 39.2 Å². The number of carbonyl (C=O) groups excluding carboxylic acids is 1. The summed E-state index contributed by atoms with van der Waals surface area (Å²) >= 11 is 3.41. The van der Waals surface area contributed by atoms with Crippen LogP contribution in [0.2, 0.25) is 0 Å². The van der Waals surface area contributed by atoms with E-state index in [2.05, 4.69) is 21.2 Å². The smallest absolute Gasteiger partial charge is 0.256 e. The van der Waals surface area contributed by atoms with Gasteiger partial charge in [-0.1, -0.05) is 28.1 Å². The number of halogens is 1. The fourth-order valence-corrected chi connectivity index (χ4v) is 2.75. The number of nitrogens with one attached hydrogen (secondary N) is 1. The van der Waals surface area contributed by atoms with Gasteiger partial charge >= 0.3 is 0 Å². The van der Waals surface area contributed by atoms with E-state index in [-0.39, 0.29) is 11.7 Å². The summed E-state index contributed by atoms with van der Waals surface area (Å²) in [5, 5.41) is 13.1. The van der Waals surface area contributed by atoms with Gasteiger partial charge in [0, 0.05) is 26.9 Å². The average molecular weight is 360 g/mol. The van der Waals surface area contributed by atoms with Crippen molar-refractivity contribution in [2.75, 3.05) is 11.9 Å². The predicted molar refractivity (Wildman–Crippen MR) is 89.9 cm³/mol. The van der Waals surface area contributed by atoms with Crippen LogP contribution < -0.4 is 10.1 Å². The van der Waals surface area contributed by atoms with Crippen molar-refractivity contribution in [3.8, 4) is 11.5 Å². The summed E-state index contributed by atoms with van der Waals surface area (Å²) in [6.45, 7) is 2.31. The minimum absolute atomic E-state index is 0.0353. The Bertz CT molecular complexity index is 783. The van der Waals surface area contributed by atoms with Gasteiger partial charge in [0.2, 0.25) is 0 Å². The maximum Gasteiger partial charge on any atom is 0.256 e. The molecule has 1 aliphatic heterocycles. The predicted octanol–water partition coefficient (Wildman–Crippen LogP) is 4.05. The molecule has 1 heterocycles. The molecule has 0 fully saturated rings. The molecule has 3 rings (SSSR count). The Balaban J connectivity index is 2.09. The summed E-state index contributed by atoms with van der Waals surface area (Å²) in [5.74, 6) is 0.257. The van der Waals surface area contributed by atoms with Gasteiger partial charge in [-0.2, -0.15) is 0 Å². The van der Waals surface area contributed by atoms with Crippen LogP contribution in [0.4, 0.5) is 5.69 Å². The van der Waals surface area contributed by atoms with Gasteiger partial charge in [0.1, 0.15) is 0 Å². The first-order valence-corrected chi connectivity index (χ1v) is 7.67. The molecule has 2 N–H and O–H groups in total. The van der Waals surface area contributed by atoms with Crippen LogP contribution in [0.3, 0.4) is 0 Å². The number of amides is 1. The van der Waals surface area contributed by atoms with Crippen molar-refractivity contribution in [3.63, 3.8) is 0 Å². The van der Waals surface area contributed by atoms with Gasteiger partial charge in [0.25, 0.3) is 5.91 Å². The Morgan fingerprint density at radius 1 is 1.32 bits per heavy atom. The molecule has 0 spiro atoms. The van der Waals surface area contributed by atoms with Gasteiger partial charge < -0.3 is 15.2 Å². The van der Waals surface area contributed by atoms with Gasteiger partial charge in [-0.25, -0.2) is 0 Å². The third kappa shape index (κ3) is 2.60. The van der Waals surface area contributed by atoms with E-state index >= 15 is 0 Å². The number of ether oxygens (including phenoxy) is 1. The summed E-state index contributed by atoms with van der Waals surface area (Å²) in [4.78, 5) is 12.2. The highest BCUT2D eigenvalue weighted by molar-refractivity contribution is 9.10. The number of benzene rings is 2. The van der Waals surface area contributed by atoms with Crippen molar-refractivity contribution in [2.24, 2.45) is 0 Å². The summed E-state index contributed by atoms with van der Waals surface area (Å²) in [7, 11) is 0. The number of hydrogen-bond acceptors (Lipinski definition) is 3. The molecule has 0 aliphatic carbocycles. The van der Waals surface area contributed by atoms with E-state index < -0.39 is 0 Å². The van der Waals surface area contributed by atoms with Gasteiger partial charge in [-0.15, -0.1) is 0 Å². The molecule has 1 aliphatic rings. The lowest BCUT2D eigenvalue weighted by atomic mass is 10.0. The van der Waals surface area contributed by atoms with Crippen LogP contribution in [0.25, 0.3) is 11.6 Å². The van der Waals surface area contributed by atoms with Crippen LogP contribution in [0.1, 0.15) is 18.1 Å². The second-order valence-corrected chi connectivity index (χ2v) is 5.74. The molecule has 0 aromatic heterocycles. The highest BCUT2D eigenvalue weighted by atomic mass is 79.9. The van der Waals surface area contributed by atoms with E-state index in [1.165, 1.54) is 0 Å². The Labute approximate surface area is 136 Å². The Morgan fingerprint density at radius 2 is 2.14 bits per heavy atom. The SMILES string of the molecule is CCOc1cccc(/C=C2/C(=O)Nc3ccc(Br)cc32)c1O. The molecular formula is C17H14BrNO3. The maximum atomic E-state index is 12.2. The van der Waals surface area contributed by atoms with E-state index in [0.29, 0.717) is 23.5 Å². The van der Waals surface area contributed by atoms with Crippen molar-refractivity contribution < 1.29 is 14.6 Å². The van der Waals surface area contributed by atoms with Crippen molar-refractivity contribution in [1.82, 2.24) is 0 Å². The third-order valence-corrected chi connectivity index (χ3v) is 3.89. The van der Waals surface area contributed by atoms with Gasteiger partial charge in [-0.05, 0) is 37.3 Å². The molecule has 1 amide bonds. The molecule has 0 bridgehead atoms. The number of aromatic hydroxyl groups is 1. The third-order valence-electron chi connectivity index (χ3n) is 3.39. The molecular weight excluding hydrogens is 346 g/mol. The van der Waals surface area contributed by atoms with Crippen LogP contribution >= 0.6 is 15.9 Å². The van der Waals surface area contributed by atoms with E-state index in [4.69, 9.17) is 4.74 Å². The summed E-state index contributed by atoms with van der Waals surface area (Å²) in [5.41, 5.74) is 2.63. The molecule has 112 valence electrons. The zero-order valence-electron chi connectivity index (χ0n) is 11.9. The van der Waals surface area contributed by atoms with Crippen LogP contribution in [0.15, 0.2) is 40.9 Å². The van der Waals surface area contributed by atoms with Crippen LogP contribution in [0.5, 0.6) is 11.5 Å². The minimum atomic E-state index is -0.186. The van der Waals surface area contributed by atoms with Crippen molar-refractivity contribution in [2.45, 2.75) is 6.92 Å². The zero-order chi connectivity index (χ0) is 15.7. The van der Waals surface area contributed by atoms with E-state index in [0.717, 1.165) is 15.7 Å². The van der Waals surface area contributed by atoms with Crippen LogP contribution in [-0.4, -0.2) is 17.6 Å². The number of anilines is 1. The van der Waals surface area contributed by atoms with Gasteiger partial charge in [-0.3, -0.25) is 4.79 Å². The Hall–Kier alpha value is -2.27. The Kier molecular flexibility index (Phi) is 3.90. The highest BCUT2D eigenvalue weighted by Gasteiger charge is 2.24. The monoisotopic (exact) mass is 359 g/mol. The molecule has 2 aromatic rings. The molecule has 5 heteroatoms. The lowest BCUT2D eigenvalue weighted by Crippen LogP contribution is -2.03. The van der Waals surface area contributed by atoms with Crippen molar-refractivity contribution in [1.29, 1.82) is 0 Å². The molecule has 0 saturated heterocycles. The second-order valence-electron chi connectivity index (χ2n) is 4.83. The first-order valence-electron chi connectivity index (χ1n) is 6.88. The summed E-state index contributed by atoms with van der Waals surface area (Å²) in [6.07, 6.45) is 1.67. The topological polar surface area (TPSA) is 58.6 Å². The van der Waals surface area contributed by atoms with Gasteiger partial charge in [0.05, 0.1) is 6.61 Å². The number of phenolic OH excluding ortho intramolecular Hbond substituents is 1. The molecule has 0 radical (unpaired) electrons. The number of fused-ring (bicyclic) bond motifs is 1. The minimum Gasteiger partial charge on any atom is -0.504 e. The lowest BCUT2D eigenvalue weighted by molar-refractivity contribution is -0.110. The first kappa shape index (κ1) is 14.7. The highest BCUT2D eigenvalue weighted by Crippen LogP contribution is 2.38. The first-order chi connectivity index (χ1) is 10.6. The number of hydrogen-bond donors (Lipinski definition) is 2. The van der Waals surface area contributed by atoms with Crippen LogP contribution in [0, 0.1) is 0 Å². The Morgan fingerprint density at radius 3 is 2.91 bits per heavy atom. The van der Waals surface area contributed by atoms with Crippen LogP contribution in [-0.2, 0) is 4.79 Å². The second kappa shape index (κ2) is 5.85. The summed E-state index contributed by atoms with van der Waals surface area (Å²) < 4.78 is 6.26. The fraction of sp³-hybridized carbons (Fsp3) is 0.118.